The molecular formula is C24H33F2N9O4. The summed E-state index contributed by atoms with van der Waals surface area (Å²) in [6, 6.07) is -0.606. The number of carbonyl (C=O) groups excluding carboxylic acids is 2. The van der Waals surface area contributed by atoms with Crippen LogP contribution in [-0.2, 0) is 0 Å². The van der Waals surface area contributed by atoms with Crippen molar-refractivity contribution in [3.8, 4) is 11.8 Å². The normalized spacial score (nSPS) is 23.6. The monoisotopic (exact) mass is 549 g/mol. The van der Waals surface area contributed by atoms with Crippen molar-refractivity contribution in [3.05, 3.63) is 24.7 Å². The van der Waals surface area contributed by atoms with Gasteiger partial charge in [0, 0.05) is 45.5 Å². The average molecular weight is 550 g/mol. The number of aromatic nitrogens is 4. The van der Waals surface area contributed by atoms with Crippen LogP contribution in [0, 0.1) is 0 Å². The Morgan fingerprint density at radius 3 is 2.64 bits per heavy atom. The molecule has 4 heterocycles. The summed E-state index contributed by atoms with van der Waals surface area (Å²) in [5, 5.41) is 5.15. The Bertz CT molecular complexity index is 1130. The number of likely N-dealkylation sites (N-methyl/N-ethyl adjacent to an activating group) is 1. The maximum atomic E-state index is 14.9. The number of hydrogen-bond donors (Lipinski definition) is 2. The Morgan fingerprint density at radius 2 is 1.92 bits per heavy atom. The summed E-state index contributed by atoms with van der Waals surface area (Å²) >= 11 is 0. The lowest BCUT2D eigenvalue weighted by Crippen LogP contribution is -2.55. The van der Waals surface area contributed by atoms with Gasteiger partial charge in [-0.1, -0.05) is 0 Å². The molecule has 0 aliphatic carbocycles. The summed E-state index contributed by atoms with van der Waals surface area (Å²) in [5.41, 5.74) is 0. The summed E-state index contributed by atoms with van der Waals surface area (Å²) in [5.74, 6) is 0.711. The molecule has 3 amide bonds. The molecule has 39 heavy (non-hydrogen) atoms. The second-order valence-electron chi connectivity index (χ2n) is 9.43. The first-order valence-electron chi connectivity index (χ1n) is 12.7. The zero-order valence-electron chi connectivity index (χ0n) is 22.1. The Kier molecular flexibility index (Phi) is 9.22. The van der Waals surface area contributed by atoms with Crippen molar-refractivity contribution in [2.24, 2.45) is 0 Å². The number of alkyl halides is 2. The number of rotatable bonds is 7. The number of amides is 3. The molecule has 0 saturated carbocycles. The van der Waals surface area contributed by atoms with E-state index in [4.69, 9.17) is 9.47 Å². The van der Waals surface area contributed by atoms with E-state index in [0.29, 0.717) is 32.0 Å². The van der Waals surface area contributed by atoms with E-state index in [-0.39, 0.29) is 37.2 Å². The van der Waals surface area contributed by atoms with Crippen molar-refractivity contribution in [1.82, 2.24) is 35.1 Å². The number of likely N-dealkylation sites (tertiary alicyclic amines) is 1. The van der Waals surface area contributed by atoms with Gasteiger partial charge in [-0.3, -0.25) is 5.32 Å². The minimum Gasteiger partial charge on any atom is -0.477 e. The van der Waals surface area contributed by atoms with Crippen LogP contribution in [0.15, 0.2) is 24.7 Å². The summed E-state index contributed by atoms with van der Waals surface area (Å²) in [7, 11) is 3.31. The average Bonchev–Trinajstić information content (AvgIpc) is 2.91. The number of ether oxygens (including phenoxy) is 2. The van der Waals surface area contributed by atoms with E-state index in [1.165, 1.54) is 36.6 Å². The molecule has 15 heteroatoms. The molecule has 212 valence electrons. The van der Waals surface area contributed by atoms with Crippen LogP contribution in [0.4, 0.5) is 30.1 Å². The maximum Gasteiger partial charge on any atom is 0.414 e. The first-order chi connectivity index (χ1) is 18.7. The molecule has 2 fully saturated rings. The van der Waals surface area contributed by atoms with Crippen LogP contribution < -0.4 is 25.0 Å². The molecule has 13 nitrogen and oxygen atoms in total. The zero-order valence-corrected chi connectivity index (χ0v) is 22.1. The van der Waals surface area contributed by atoms with Gasteiger partial charge in [0.1, 0.15) is 12.3 Å². The fraction of sp³-hybridized carbons (Fsp3) is 0.583. The molecule has 0 aromatic carbocycles. The number of anilines is 2. The van der Waals surface area contributed by atoms with Crippen LogP contribution in [0.3, 0.4) is 0 Å². The van der Waals surface area contributed by atoms with Crippen LogP contribution in [0.2, 0.25) is 0 Å². The number of hydrogen-bond acceptors (Lipinski definition) is 10. The van der Waals surface area contributed by atoms with Gasteiger partial charge in [0.25, 0.3) is 0 Å². The number of piperidine rings is 2. The molecule has 0 radical (unpaired) electrons. The molecule has 2 saturated heterocycles. The lowest BCUT2D eigenvalue weighted by Gasteiger charge is -2.39. The summed E-state index contributed by atoms with van der Waals surface area (Å²) in [4.78, 5) is 46.6. The van der Waals surface area contributed by atoms with Gasteiger partial charge < -0.3 is 29.5 Å². The fourth-order valence-electron chi connectivity index (χ4n) is 4.44. The molecule has 0 spiro atoms. The van der Waals surface area contributed by atoms with Crippen LogP contribution in [0.1, 0.15) is 19.8 Å². The van der Waals surface area contributed by atoms with Crippen LogP contribution in [-0.4, -0.2) is 113 Å². The maximum absolute atomic E-state index is 14.9. The summed E-state index contributed by atoms with van der Waals surface area (Å²) in [6.07, 6.45) is 1.45. The van der Waals surface area contributed by atoms with Crippen molar-refractivity contribution in [1.29, 1.82) is 0 Å². The van der Waals surface area contributed by atoms with E-state index in [1.807, 2.05) is 18.9 Å². The molecule has 0 unspecified atom stereocenters. The van der Waals surface area contributed by atoms with Crippen molar-refractivity contribution in [2.75, 3.05) is 57.1 Å². The number of nitrogens with one attached hydrogen (secondary N) is 2. The molecule has 2 aliphatic heterocycles. The highest BCUT2D eigenvalue weighted by Crippen LogP contribution is 2.24. The first kappa shape index (κ1) is 28.1. The molecule has 2 aromatic rings. The van der Waals surface area contributed by atoms with E-state index in [9.17, 15) is 18.4 Å². The van der Waals surface area contributed by atoms with Gasteiger partial charge >= 0.3 is 12.1 Å². The molecule has 2 aromatic heterocycles. The highest BCUT2D eigenvalue weighted by Gasteiger charge is 2.36. The van der Waals surface area contributed by atoms with Gasteiger partial charge in [-0.05, 0) is 26.8 Å². The third-order valence-electron chi connectivity index (χ3n) is 6.62. The van der Waals surface area contributed by atoms with Gasteiger partial charge in [0.2, 0.25) is 17.7 Å². The minimum absolute atomic E-state index is 0.0278. The Labute approximate surface area is 224 Å². The first-order valence-corrected chi connectivity index (χ1v) is 12.7. The van der Waals surface area contributed by atoms with Gasteiger partial charge in [-0.2, -0.15) is 4.98 Å². The number of nitrogens with zero attached hydrogens (tertiary/aromatic N) is 7. The fourth-order valence-corrected chi connectivity index (χ4v) is 4.44. The van der Waals surface area contributed by atoms with Crippen molar-refractivity contribution in [2.45, 2.75) is 44.2 Å². The standard InChI is InChI=1S/C24H33F2N9O4/c1-4-38-21-12-28-19(11-29-21)31-23(36)34(3)18-14-35(10-6-15(18)25)22-27-8-5-20(32-22)39-24(37)30-17-7-9-33(2)13-16(17)26/h5,8,11-12,15-18H,4,6-7,9-10,13-14H2,1-3H3,(H,30,37)(H,28,31,36)/t15-,16+,17+,18+/m1/s1. The minimum atomic E-state index is -1.28. The van der Waals surface area contributed by atoms with Crippen LogP contribution >= 0.6 is 0 Å². The van der Waals surface area contributed by atoms with Gasteiger partial charge in [-0.25, -0.2) is 33.3 Å². The third-order valence-corrected chi connectivity index (χ3v) is 6.62. The third kappa shape index (κ3) is 7.37. The summed E-state index contributed by atoms with van der Waals surface area (Å²) < 4.78 is 39.7. The van der Waals surface area contributed by atoms with Crippen molar-refractivity contribution < 1.29 is 27.8 Å². The number of urea groups is 1. The predicted octanol–water partition coefficient (Wildman–Crippen LogP) is 1.88. The molecule has 2 N–H and O–H groups in total. The Hall–Kier alpha value is -3.88. The van der Waals surface area contributed by atoms with Crippen molar-refractivity contribution in [3.63, 3.8) is 0 Å². The molecule has 2 aliphatic rings. The van der Waals surface area contributed by atoms with E-state index in [0.717, 1.165) is 0 Å². The van der Waals surface area contributed by atoms with Gasteiger partial charge in [0.05, 0.1) is 31.1 Å². The molecule has 4 atom stereocenters. The zero-order chi connectivity index (χ0) is 27.9. The van der Waals surface area contributed by atoms with E-state index >= 15 is 0 Å². The Morgan fingerprint density at radius 1 is 1.10 bits per heavy atom. The second-order valence-corrected chi connectivity index (χ2v) is 9.43. The summed E-state index contributed by atoms with van der Waals surface area (Å²) in [6.45, 7) is 3.55. The topological polar surface area (TPSA) is 138 Å². The van der Waals surface area contributed by atoms with Gasteiger partial charge in [0.15, 0.2) is 5.82 Å². The van der Waals surface area contributed by atoms with Crippen LogP contribution in [0.5, 0.6) is 11.8 Å². The Balaban J connectivity index is 1.35. The second kappa shape index (κ2) is 12.8. The van der Waals surface area contributed by atoms with E-state index < -0.39 is 36.6 Å². The molecular weight excluding hydrogens is 516 g/mol. The van der Waals surface area contributed by atoms with E-state index in [1.54, 1.807) is 4.90 Å². The smallest absolute Gasteiger partial charge is 0.414 e. The molecule has 4 rings (SSSR count). The predicted molar refractivity (Wildman–Crippen MR) is 137 cm³/mol. The van der Waals surface area contributed by atoms with E-state index in [2.05, 4.69) is 30.6 Å². The largest absolute Gasteiger partial charge is 0.477 e. The quantitative estimate of drug-likeness (QED) is 0.527. The van der Waals surface area contributed by atoms with Crippen LogP contribution in [0.25, 0.3) is 0 Å². The SMILES string of the molecule is CCOc1cnc(NC(=O)N(C)[C@H]2CN(c3nccc(OC(=O)N[C@H]4CCN(C)C[C@@H]4F)n3)CC[C@H]2F)cn1. The highest BCUT2D eigenvalue weighted by atomic mass is 19.1. The lowest BCUT2D eigenvalue weighted by atomic mass is 10.0. The molecule has 0 bridgehead atoms. The highest BCUT2D eigenvalue weighted by molar-refractivity contribution is 5.88. The number of carbonyl (C=O) groups is 2. The lowest BCUT2D eigenvalue weighted by molar-refractivity contribution is 0.117. The van der Waals surface area contributed by atoms with Crippen molar-refractivity contribution >= 4 is 23.9 Å². The van der Waals surface area contributed by atoms with Gasteiger partial charge in [-0.15, -0.1) is 0 Å². The number of halogens is 2.